The van der Waals surface area contributed by atoms with Crippen molar-refractivity contribution in [1.82, 2.24) is 19.9 Å². The van der Waals surface area contributed by atoms with Crippen LogP contribution < -0.4 is 11.5 Å². The average molecular weight is 557 g/mol. The van der Waals surface area contributed by atoms with E-state index in [4.69, 9.17) is 20.9 Å². The fourth-order valence-corrected chi connectivity index (χ4v) is 6.97. The summed E-state index contributed by atoms with van der Waals surface area (Å²) in [4.78, 5) is 40.7. The third-order valence-corrected chi connectivity index (χ3v) is 8.89. The smallest absolute Gasteiger partial charge is 0.374 e. The number of nitrogen functional groups attached to an aromatic ring is 2. The topological polar surface area (TPSA) is 162 Å². The van der Waals surface area contributed by atoms with Gasteiger partial charge in [0.1, 0.15) is 0 Å². The molecule has 0 unspecified atom stereocenters. The van der Waals surface area contributed by atoms with Gasteiger partial charge in [0.2, 0.25) is 11.6 Å². The number of unbranched alkanes of at least 4 members (excludes halogenated alkanes) is 2. The fourth-order valence-electron chi connectivity index (χ4n) is 4.20. The molecule has 2 aromatic carbocycles. The van der Waals surface area contributed by atoms with Crippen LogP contribution in [0.4, 0.5) is 11.4 Å². The van der Waals surface area contributed by atoms with Crippen molar-refractivity contribution in [2.24, 2.45) is 0 Å². The summed E-state index contributed by atoms with van der Waals surface area (Å²) in [5.41, 5.74) is 18.9. The molecule has 38 heavy (non-hydrogen) atoms. The molecule has 0 saturated heterocycles. The third-order valence-electron chi connectivity index (χ3n) is 6.26. The molecule has 2 aromatic heterocycles. The highest BCUT2D eigenvalue weighted by Gasteiger charge is 2.22. The van der Waals surface area contributed by atoms with Crippen molar-refractivity contribution in [3.05, 3.63) is 34.9 Å². The number of methoxy groups -OCH3 is 2. The molecule has 0 aliphatic carbocycles. The van der Waals surface area contributed by atoms with Gasteiger partial charge in [-0.25, -0.2) is 19.6 Å². The number of benzene rings is 2. The maximum atomic E-state index is 12.1. The molecule has 0 saturated carbocycles. The maximum Gasteiger partial charge on any atom is 0.374 e. The molecule has 6 N–H and O–H groups in total. The van der Waals surface area contributed by atoms with E-state index in [2.05, 4.69) is 33.8 Å². The van der Waals surface area contributed by atoms with Crippen LogP contribution in [0, 0.1) is 0 Å². The monoisotopic (exact) mass is 556 g/mol. The van der Waals surface area contributed by atoms with Crippen molar-refractivity contribution < 1.29 is 19.1 Å². The van der Waals surface area contributed by atoms with Crippen molar-refractivity contribution >= 4 is 67.0 Å². The Kier molecular flexibility index (Phi) is 8.72. The first kappa shape index (κ1) is 27.6. The van der Waals surface area contributed by atoms with Gasteiger partial charge in [0.05, 0.1) is 47.7 Å². The molecule has 2 heterocycles. The summed E-state index contributed by atoms with van der Waals surface area (Å²) in [5.74, 6) is -0.871. The first-order valence-corrected chi connectivity index (χ1v) is 14.6. The molecule has 0 aliphatic rings. The van der Waals surface area contributed by atoms with Crippen molar-refractivity contribution in [3.63, 3.8) is 0 Å². The molecule has 0 spiro atoms. The Balaban J connectivity index is 1.77. The molecule has 4 rings (SSSR count). The van der Waals surface area contributed by atoms with E-state index in [9.17, 15) is 9.59 Å². The second-order valence-corrected chi connectivity index (χ2v) is 11.0. The summed E-state index contributed by atoms with van der Waals surface area (Å²) < 4.78 is 9.64. The zero-order chi connectivity index (χ0) is 27.4. The molecule has 0 aliphatic heterocycles. The van der Waals surface area contributed by atoms with Crippen LogP contribution in [0.15, 0.2) is 21.9 Å². The number of esters is 2. The number of aryl methyl sites for hydroxylation is 2. The summed E-state index contributed by atoms with van der Waals surface area (Å²) >= 11 is 0. The van der Waals surface area contributed by atoms with Crippen LogP contribution in [0.5, 0.6) is 0 Å². The normalized spacial score (nSPS) is 11.4. The number of hydrogen-bond acceptors (Lipinski definition) is 10. The molecule has 12 heteroatoms. The molecule has 0 bridgehead atoms. The number of rotatable bonds is 11. The summed E-state index contributed by atoms with van der Waals surface area (Å²) in [5, 5.41) is 0. The van der Waals surface area contributed by atoms with Gasteiger partial charge in [0.15, 0.2) is 0 Å². The van der Waals surface area contributed by atoms with Crippen molar-refractivity contribution in [2.45, 2.75) is 62.2 Å². The molecular formula is C26H32N6O4S2. The average Bonchev–Trinajstić information content (AvgIpc) is 3.55. The van der Waals surface area contributed by atoms with Gasteiger partial charge in [-0.3, -0.25) is 0 Å². The molecule has 202 valence electrons. The fraction of sp³-hybridized carbons (Fsp3) is 0.385. The number of carbonyl (C=O) groups is 2. The second-order valence-electron chi connectivity index (χ2n) is 8.87. The predicted octanol–water partition coefficient (Wildman–Crippen LogP) is 5.66. The number of aromatic nitrogens is 4. The number of anilines is 2. The molecule has 10 nitrogen and oxygen atoms in total. The SMILES string of the molecule is CCCCc1cc2nc(C(=O)OC)[nH]c2c(N)c1SSc1c(CCCC)cc2nc(C(=O)OC)[nH]c2c1N. The second kappa shape index (κ2) is 12.0. The molecule has 0 amide bonds. The Hall–Kier alpha value is -3.38. The lowest BCUT2D eigenvalue weighted by atomic mass is 10.1. The van der Waals surface area contributed by atoms with E-state index in [0.29, 0.717) is 33.4 Å². The highest BCUT2D eigenvalue weighted by Crippen LogP contribution is 2.48. The number of H-pyrrole nitrogens is 2. The maximum absolute atomic E-state index is 12.1. The van der Waals surface area contributed by atoms with Gasteiger partial charge in [-0.2, -0.15) is 0 Å². The van der Waals surface area contributed by atoms with Crippen LogP contribution in [-0.2, 0) is 22.3 Å². The van der Waals surface area contributed by atoms with E-state index in [1.54, 1.807) is 0 Å². The van der Waals surface area contributed by atoms with Gasteiger partial charge < -0.3 is 30.9 Å². The van der Waals surface area contributed by atoms with Gasteiger partial charge in [0, 0.05) is 9.79 Å². The first-order valence-electron chi connectivity index (χ1n) is 12.5. The van der Waals surface area contributed by atoms with Crippen molar-refractivity contribution in [2.75, 3.05) is 25.7 Å². The molecule has 0 radical (unpaired) electrons. The summed E-state index contributed by atoms with van der Waals surface area (Å²) in [7, 11) is 5.68. The molecule has 0 fully saturated rings. The summed E-state index contributed by atoms with van der Waals surface area (Å²) in [6, 6.07) is 3.96. The number of hydrogen-bond donors (Lipinski definition) is 4. The van der Waals surface area contributed by atoms with Gasteiger partial charge in [0.25, 0.3) is 0 Å². The number of imidazole rings is 2. The minimum Gasteiger partial charge on any atom is -0.463 e. The number of nitrogens with one attached hydrogen (secondary N) is 2. The van der Waals surface area contributed by atoms with E-state index in [0.717, 1.165) is 59.4 Å². The van der Waals surface area contributed by atoms with Gasteiger partial charge in [-0.1, -0.05) is 26.7 Å². The van der Waals surface area contributed by atoms with Crippen LogP contribution in [-0.4, -0.2) is 46.1 Å². The summed E-state index contributed by atoms with van der Waals surface area (Å²) in [6.07, 6.45) is 5.66. The van der Waals surface area contributed by atoms with Crippen LogP contribution in [0.25, 0.3) is 22.1 Å². The number of carbonyl (C=O) groups excluding carboxylic acids is 2. The Morgan fingerprint density at radius 1 is 0.789 bits per heavy atom. The quantitative estimate of drug-likeness (QED) is 0.103. The van der Waals surface area contributed by atoms with Crippen LogP contribution >= 0.6 is 21.6 Å². The van der Waals surface area contributed by atoms with Crippen LogP contribution in [0.2, 0.25) is 0 Å². The Bertz CT molecular complexity index is 1380. The highest BCUT2D eigenvalue weighted by molar-refractivity contribution is 8.76. The van der Waals surface area contributed by atoms with Gasteiger partial charge >= 0.3 is 11.9 Å². The molecule has 4 aromatic rings. The summed E-state index contributed by atoms with van der Waals surface area (Å²) in [6.45, 7) is 4.27. The van der Waals surface area contributed by atoms with E-state index >= 15 is 0 Å². The number of nitrogens with two attached hydrogens (primary N) is 2. The van der Waals surface area contributed by atoms with Gasteiger partial charge in [-0.15, -0.1) is 0 Å². The third kappa shape index (κ3) is 5.41. The van der Waals surface area contributed by atoms with Crippen LogP contribution in [0.3, 0.4) is 0 Å². The Morgan fingerprint density at radius 3 is 1.53 bits per heavy atom. The standard InChI is InChI=1S/C26H32N6O4S2/c1-5-7-9-13-11-15-19(31-23(29-15)25(33)35-3)17(27)21(13)37-38-22-14(10-8-6-2)12-16-20(18(22)28)32-24(30-16)26(34)36-4/h11-12H,5-10,27-28H2,1-4H3,(H,29,31)(H,30,32). The highest BCUT2D eigenvalue weighted by atomic mass is 33.1. The molecule has 0 atom stereocenters. The van der Waals surface area contributed by atoms with Crippen molar-refractivity contribution in [3.8, 4) is 0 Å². The minimum atomic E-state index is -0.549. The zero-order valence-electron chi connectivity index (χ0n) is 21.9. The lowest BCUT2D eigenvalue weighted by Gasteiger charge is -2.15. The van der Waals surface area contributed by atoms with Crippen molar-refractivity contribution in [1.29, 1.82) is 0 Å². The number of nitrogens with zero attached hydrogens (tertiary/aromatic N) is 2. The molecular weight excluding hydrogens is 524 g/mol. The number of aromatic amines is 2. The van der Waals surface area contributed by atoms with E-state index in [1.165, 1.54) is 35.8 Å². The largest absolute Gasteiger partial charge is 0.463 e. The zero-order valence-corrected chi connectivity index (χ0v) is 23.5. The van der Waals surface area contributed by atoms with Crippen LogP contribution in [0.1, 0.15) is 71.9 Å². The van der Waals surface area contributed by atoms with Gasteiger partial charge in [-0.05, 0) is 70.5 Å². The minimum absolute atomic E-state index is 0.114. The predicted molar refractivity (Wildman–Crippen MR) is 153 cm³/mol. The van der Waals surface area contributed by atoms with E-state index in [1.807, 2.05) is 12.1 Å². The van der Waals surface area contributed by atoms with E-state index in [-0.39, 0.29) is 11.6 Å². The Morgan fingerprint density at radius 2 is 1.18 bits per heavy atom. The lowest BCUT2D eigenvalue weighted by molar-refractivity contribution is 0.0580. The number of ether oxygens (including phenoxy) is 2. The first-order chi connectivity index (χ1) is 18.3. The lowest BCUT2D eigenvalue weighted by Crippen LogP contribution is -2.03. The number of fused-ring (bicyclic) bond motifs is 2. The Labute approximate surface area is 228 Å². The van der Waals surface area contributed by atoms with E-state index < -0.39 is 11.9 Å².